The molecule has 0 saturated heterocycles. The molecular formula is C14H19ClN2. The van der Waals surface area contributed by atoms with Gasteiger partial charge in [-0.3, -0.25) is 0 Å². The molecule has 1 aromatic heterocycles. The van der Waals surface area contributed by atoms with Gasteiger partial charge in [-0.05, 0) is 31.9 Å². The Kier molecular flexibility index (Phi) is 3.72. The number of nitrogens with zero attached hydrogens (tertiary/aromatic N) is 2. The molecule has 1 atom stereocenters. The third kappa shape index (κ3) is 2.32. The number of aromatic nitrogens is 2. The summed E-state index contributed by atoms with van der Waals surface area (Å²) >= 11 is 6.23. The van der Waals surface area contributed by atoms with Crippen molar-refractivity contribution in [3.63, 3.8) is 0 Å². The number of unbranched alkanes of at least 4 members (excludes halogenated alkanes) is 1. The van der Waals surface area contributed by atoms with Crippen molar-refractivity contribution in [3.8, 4) is 0 Å². The van der Waals surface area contributed by atoms with Gasteiger partial charge >= 0.3 is 0 Å². The number of aryl methyl sites for hydroxylation is 2. The molecule has 1 heterocycles. The maximum Gasteiger partial charge on any atom is 0.127 e. The SMILES string of the molecule is CCCCn1c(C(C)Cl)nc2c(C)cccc21. The van der Waals surface area contributed by atoms with E-state index in [1.807, 2.05) is 6.92 Å². The molecule has 92 valence electrons. The van der Waals surface area contributed by atoms with Gasteiger partial charge in [-0.1, -0.05) is 25.5 Å². The normalized spacial score (nSPS) is 13.2. The van der Waals surface area contributed by atoms with E-state index in [1.54, 1.807) is 0 Å². The quantitative estimate of drug-likeness (QED) is 0.734. The van der Waals surface area contributed by atoms with Gasteiger partial charge in [0.05, 0.1) is 16.4 Å². The van der Waals surface area contributed by atoms with E-state index in [9.17, 15) is 0 Å². The third-order valence-electron chi connectivity index (χ3n) is 3.10. The molecule has 3 heteroatoms. The Morgan fingerprint density at radius 2 is 2.18 bits per heavy atom. The van der Waals surface area contributed by atoms with Crippen LogP contribution in [0.15, 0.2) is 18.2 Å². The highest BCUT2D eigenvalue weighted by Crippen LogP contribution is 2.26. The van der Waals surface area contributed by atoms with Gasteiger partial charge in [0.2, 0.25) is 0 Å². The van der Waals surface area contributed by atoms with Gasteiger partial charge in [0, 0.05) is 6.54 Å². The maximum absolute atomic E-state index is 6.23. The zero-order chi connectivity index (χ0) is 12.4. The van der Waals surface area contributed by atoms with Crippen molar-refractivity contribution < 1.29 is 0 Å². The first-order valence-corrected chi connectivity index (χ1v) is 6.68. The molecule has 0 aliphatic heterocycles. The zero-order valence-electron chi connectivity index (χ0n) is 10.7. The van der Waals surface area contributed by atoms with Crippen LogP contribution in [-0.2, 0) is 6.54 Å². The highest BCUT2D eigenvalue weighted by Gasteiger charge is 2.15. The van der Waals surface area contributed by atoms with Gasteiger partial charge in [-0.2, -0.15) is 0 Å². The van der Waals surface area contributed by atoms with E-state index in [1.165, 1.54) is 17.5 Å². The molecule has 1 aromatic carbocycles. The fourth-order valence-electron chi connectivity index (χ4n) is 2.16. The Balaban J connectivity index is 2.59. The monoisotopic (exact) mass is 250 g/mol. The molecular weight excluding hydrogens is 232 g/mol. The summed E-state index contributed by atoms with van der Waals surface area (Å²) < 4.78 is 2.27. The van der Waals surface area contributed by atoms with Crippen LogP contribution in [0.3, 0.4) is 0 Å². The fraction of sp³-hybridized carbons (Fsp3) is 0.500. The van der Waals surface area contributed by atoms with E-state index in [0.717, 1.165) is 24.3 Å². The second-order valence-corrected chi connectivity index (χ2v) is 5.19. The number of halogens is 1. The molecule has 0 radical (unpaired) electrons. The van der Waals surface area contributed by atoms with Crippen molar-refractivity contribution in [3.05, 3.63) is 29.6 Å². The molecule has 0 amide bonds. The highest BCUT2D eigenvalue weighted by molar-refractivity contribution is 6.20. The first-order chi connectivity index (χ1) is 8.15. The van der Waals surface area contributed by atoms with Crippen molar-refractivity contribution in [2.75, 3.05) is 0 Å². The molecule has 2 rings (SSSR count). The maximum atomic E-state index is 6.23. The molecule has 0 aliphatic carbocycles. The minimum Gasteiger partial charge on any atom is -0.327 e. The Morgan fingerprint density at radius 3 is 2.82 bits per heavy atom. The Morgan fingerprint density at radius 1 is 1.41 bits per heavy atom. The standard InChI is InChI=1S/C14H19ClN2/c1-4-5-9-17-12-8-6-7-10(2)13(12)16-14(17)11(3)15/h6-8,11H,4-5,9H2,1-3H3. The summed E-state index contributed by atoms with van der Waals surface area (Å²) in [6.07, 6.45) is 2.34. The zero-order valence-corrected chi connectivity index (χ0v) is 11.5. The minimum atomic E-state index is -0.0429. The van der Waals surface area contributed by atoms with Crippen LogP contribution in [0.1, 0.15) is 43.5 Å². The van der Waals surface area contributed by atoms with Crippen LogP contribution in [0.25, 0.3) is 11.0 Å². The smallest absolute Gasteiger partial charge is 0.127 e. The second kappa shape index (κ2) is 5.09. The number of benzene rings is 1. The third-order valence-corrected chi connectivity index (χ3v) is 3.30. The van der Waals surface area contributed by atoms with Gasteiger partial charge in [0.1, 0.15) is 5.82 Å². The second-order valence-electron chi connectivity index (χ2n) is 4.53. The Bertz CT molecular complexity index is 514. The molecule has 0 fully saturated rings. The molecule has 2 aromatic rings. The van der Waals surface area contributed by atoms with Gasteiger partial charge in [0.25, 0.3) is 0 Å². The molecule has 1 unspecified atom stereocenters. The lowest BCUT2D eigenvalue weighted by Crippen LogP contribution is -2.04. The van der Waals surface area contributed by atoms with Crippen LogP contribution < -0.4 is 0 Å². The topological polar surface area (TPSA) is 17.8 Å². The van der Waals surface area contributed by atoms with Crippen LogP contribution in [0.2, 0.25) is 0 Å². The Labute approximate surface area is 108 Å². The summed E-state index contributed by atoms with van der Waals surface area (Å²) in [6.45, 7) is 7.29. The van der Waals surface area contributed by atoms with Crippen LogP contribution in [-0.4, -0.2) is 9.55 Å². The van der Waals surface area contributed by atoms with Gasteiger partial charge in [-0.25, -0.2) is 4.98 Å². The van der Waals surface area contributed by atoms with Crippen molar-refractivity contribution in [2.45, 2.75) is 45.5 Å². The molecule has 0 bridgehead atoms. The van der Waals surface area contributed by atoms with Gasteiger partial charge in [-0.15, -0.1) is 11.6 Å². The molecule has 2 nitrogen and oxygen atoms in total. The van der Waals surface area contributed by atoms with Gasteiger partial charge < -0.3 is 4.57 Å². The Hall–Kier alpha value is -1.02. The predicted molar refractivity (Wildman–Crippen MR) is 73.6 cm³/mol. The molecule has 17 heavy (non-hydrogen) atoms. The lowest BCUT2D eigenvalue weighted by atomic mass is 10.2. The van der Waals surface area contributed by atoms with E-state index in [2.05, 4.69) is 36.6 Å². The average molecular weight is 251 g/mol. The summed E-state index contributed by atoms with van der Waals surface area (Å²) in [7, 11) is 0. The number of rotatable bonds is 4. The van der Waals surface area contributed by atoms with Gasteiger partial charge in [0.15, 0.2) is 0 Å². The van der Waals surface area contributed by atoms with Crippen LogP contribution >= 0.6 is 11.6 Å². The summed E-state index contributed by atoms with van der Waals surface area (Å²) in [5.41, 5.74) is 3.52. The molecule has 0 spiro atoms. The molecule has 0 N–H and O–H groups in total. The molecule has 0 saturated carbocycles. The number of imidazole rings is 1. The van der Waals surface area contributed by atoms with E-state index in [0.29, 0.717) is 0 Å². The van der Waals surface area contributed by atoms with Crippen LogP contribution in [0, 0.1) is 6.92 Å². The van der Waals surface area contributed by atoms with Crippen LogP contribution in [0.5, 0.6) is 0 Å². The van der Waals surface area contributed by atoms with Crippen molar-refractivity contribution in [1.82, 2.24) is 9.55 Å². The molecule has 0 aliphatic rings. The first-order valence-electron chi connectivity index (χ1n) is 6.25. The van der Waals surface area contributed by atoms with Crippen molar-refractivity contribution >= 4 is 22.6 Å². The lowest BCUT2D eigenvalue weighted by Gasteiger charge is -2.09. The number of alkyl halides is 1. The number of hydrogen-bond donors (Lipinski definition) is 0. The summed E-state index contributed by atoms with van der Waals surface area (Å²) in [5.74, 6) is 0.990. The van der Waals surface area contributed by atoms with Crippen molar-refractivity contribution in [1.29, 1.82) is 0 Å². The summed E-state index contributed by atoms with van der Waals surface area (Å²) in [4.78, 5) is 4.70. The van der Waals surface area contributed by atoms with E-state index < -0.39 is 0 Å². The fourth-order valence-corrected chi connectivity index (χ4v) is 2.33. The van der Waals surface area contributed by atoms with E-state index in [4.69, 9.17) is 16.6 Å². The van der Waals surface area contributed by atoms with Crippen molar-refractivity contribution in [2.24, 2.45) is 0 Å². The summed E-state index contributed by atoms with van der Waals surface area (Å²) in [6, 6.07) is 6.32. The number of hydrogen-bond acceptors (Lipinski definition) is 1. The highest BCUT2D eigenvalue weighted by atomic mass is 35.5. The summed E-state index contributed by atoms with van der Waals surface area (Å²) in [5, 5.41) is -0.0429. The largest absolute Gasteiger partial charge is 0.327 e. The first kappa shape index (κ1) is 12.4. The number of para-hydroxylation sites is 1. The number of fused-ring (bicyclic) bond motifs is 1. The lowest BCUT2D eigenvalue weighted by molar-refractivity contribution is 0.616. The average Bonchev–Trinajstić information content (AvgIpc) is 2.67. The van der Waals surface area contributed by atoms with E-state index >= 15 is 0 Å². The minimum absolute atomic E-state index is 0.0429. The van der Waals surface area contributed by atoms with E-state index in [-0.39, 0.29) is 5.38 Å². The van der Waals surface area contributed by atoms with Crippen LogP contribution in [0.4, 0.5) is 0 Å². The predicted octanol–water partition coefficient (Wildman–Crippen LogP) is 4.44.